The summed E-state index contributed by atoms with van der Waals surface area (Å²) in [7, 11) is 4.34. The Hall–Kier alpha value is -6.33. The minimum Gasteiger partial charge on any atom is -0.493 e. The van der Waals surface area contributed by atoms with Crippen LogP contribution in [-0.2, 0) is 16.1 Å². The number of fused-ring (bicyclic) bond motifs is 4. The molecule has 3 aromatic carbocycles. The van der Waals surface area contributed by atoms with E-state index >= 15 is 0 Å². The lowest BCUT2D eigenvalue weighted by atomic mass is 9.71. The van der Waals surface area contributed by atoms with Gasteiger partial charge in [-0.25, -0.2) is 9.69 Å². The molecule has 3 N–H and O–H groups in total. The molecule has 4 heterocycles. The molecule has 69 heavy (non-hydrogen) atoms. The van der Waals surface area contributed by atoms with Crippen LogP contribution in [0.15, 0.2) is 77.8 Å². The normalized spacial score (nSPS) is 19.0. The summed E-state index contributed by atoms with van der Waals surface area (Å²) < 4.78 is 30.0. The number of carbonyl (C=O) groups is 4. The van der Waals surface area contributed by atoms with Crippen LogP contribution in [0.1, 0.15) is 99.9 Å². The third kappa shape index (κ3) is 11.3. The number of methoxy groups -OCH3 is 2. The SMILES string of the molecule is C=C1C[C@H]2C=Nc3cc(OCC(C)(C)CCC(C)(C)CCOc4cc5c(cc4OC)C(=O)N4CC(=C)C[C@H]4[C@H](O)N5C(=O)OCc4ccc(N[B]C(=O)C(C)(C)CO)cc4)c(OC)cc3C(=O)N2C1. The van der Waals surface area contributed by atoms with Crippen molar-refractivity contribution in [2.24, 2.45) is 21.2 Å². The lowest BCUT2D eigenvalue weighted by molar-refractivity contribution is -0.121. The van der Waals surface area contributed by atoms with Crippen LogP contribution in [0.3, 0.4) is 0 Å². The van der Waals surface area contributed by atoms with E-state index in [1.54, 1.807) is 68.3 Å². The van der Waals surface area contributed by atoms with Gasteiger partial charge in [-0.15, -0.1) is 0 Å². The van der Waals surface area contributed by atoms with E-state index < -0.39 is 29.7 Å². The van der Waals surface area contributed by atoms with Crippen molar-refractivity contribution in [3.8, 4) is 23.0 Å². The lowest BCUT2D eigenvalue weighted by Crippen LogP contribution is -2.50. The van der Waals surface area contributed by atoms with Crippen LogP contribution in [0.25, 0.3) is 0 Å². The monoisotopic (exact) mass is 946 g/mol. The average Bonchev–Trinajstić information content (AvgIpc) is 3.86. The first-order valence-electron chi connectivity index (χ1n) is 23.3. The van der Waals surface area contributed by atoms with Gasteiger partial charge < -0.3 is 53.7 Å². The van der Waals surface area contributed by atoms with E-state index in [0.717, 1.165) is 28.9 Å². The fourth-order valence-corrected chi connectivity index (χ4v) is 8.71. The van der Waals surface area contributed by atoms with Gasteiger partial charge in [-0.05, 0) is 72.8 Å². The van der Waals surface area contributed by atoms with Crippen molar-refractivity contribution in [1.29, 1.82) is 0 Å². The molecule has 2 saturated heterocycles. The summed E-state index contributed by atoms with van der Waals surface area (Å²) >= 11 is 0. The van der Waals surface area contributed by atoms with Crippen molar-refractivity contribution >= 4 is 54.3 Å². The number of nitrogens with one attached hydrogen (secondary N) is 1. The summed E-state index contributed by atoms with van der Waals surface area (Å²) in [4.78, 5) is 63.2. The van der Waals surface area contributed by atoms with E-state index in [4.69, 9.17) is 23.7 Å². The molecular weight excluding hydrogens is 881 g/mol. The number of amides is 3. The van der Waals surface area contributed by atoms with Crippen LogP contribution >= 0.6 is 0 Å². The van der Waals surface area contributed by atoms with E-state index in [1.807, 2.05) is 6.21 Å². The predicted octanol–water partition coefficient (Wildman–Crippen LogP) is 7.69. The van der Waals surface area contributed by atoms with Gasteiger partial charge in [-0.2, -0.15) is 0 Å². The number of nitrogens with zero attached hydrogens (tertiary/aromatic N) is 4. The zero-order valence-corrected chi connectivity index (χ0v) is 41.1. The second-order valence-electron chi connectivity index (χ2n) is 20.7. The second-order valence-corrected chi connectivity index (χ2v) is 20.7. The third-order valence-electron chi connectivity index (χ3n) is 13.5. The summed E-state index contributed by atoms with van der Waals surface area (Å²) in [6.45, 7) is 21.0. The Bertz CT molecular complexity index is 2520. The molecular formula is C52H65BN5O11. The van der Waals surface area contributed by atoms with Gasteiger partial charge in [-0.3, -0.25) is 14.6 Å². The van der Waals surface area contributed by atoms with E-state index in [9.17, 15) is 29.4 Å². The molecule has 4 aliphatic heterocycles. The van der Waals surface area contributed by atoms with E-state index in [-0.39, 0.29) is 71.8 Å². The molecule has 0 saturated carbocycles. The number of hydrogen-bond donors (Lipinski definition) is 3. The standard InChI is InChI=1S/C52H65BN5O11/c1-31-19-35-25-54-38-23-43(41(65-9)21-36(38)45(60)56(35)26-31)69-30-51(5,6)16-15-50(3,4)17-18-67-44-24-39-37(22-42(44)66-10)46(61)57-27-32(2)20-40(57)47(62)58(39)49(64)68-28-33-11-13-34(14-12-33)55-53-48(63)52(7,8)29-59/h11-14,21-25,35,40,47,55,59,62H,1-2,15-20,26-30H2,3-10H3/t35-,40-,47-/m0/s1. The molecule has 3 amide bonds. The molecule has 367 valence electrons. The van der Waals surface area contributed by atoms with Crippen LogP contribution in [-0.4, -0.2) is 123 Å². The van der Waals surface area contributed by atoms with Gasteiger partial charge in [0.15, 0.2) is 29.2 Å². The summed E-state index contributed by atoms with van der Waals surface area (Å²) in [5.74, 6) is 1.07. The number of anilines is 2. The molecule has 1 radical (unpaired) electrons. The van der Waals surface area contributed by atoms with Crippen molar-refractivity contribution in [1.82, 2.24) is 9.80 Å². The Morgan fingerprint density at radius 3 is 2.12 bits per heavy atom. The molecule has 3 atom stereocenters. The van der Waals surface area contributed by atoms with Crippen LogP contribution < -0.4 is 29.1 Å². The maximum Gasteiger partial charge on any atom is 0.416 e. The minimum atomic E-state index is -1.47. The largest absolute Gasteiger partial charge is 0.493 e. The van der Waals surface area contributed by atoms with E-state index in [0.29, 0.717) is 72.2 Å². The summed E-state index contributed by atoms with van der Waals surface area (Å²) in [5.41, 5.74) is 2.67. The van der Waals surface area contributed by atoms with Gasteiger partial charge in [-0.1, -0.05) is 78.0 Å². The predicted molar refractivity (Wildman–Crippen MR) is 264 cm³/mol. The van der Waals surface area contributed by atoms with Crippen LogP contribution in [0.4, 0.5) is 21.9 Å². The first-order valence-corrected chi connectivity index (χ1v) is 23.3. The summed E-state index contributed by atoms with van der Waals surface area (Å²) in [6.07, 6.45) is 2.76. The number of aliphatic hydroxyl groups is 2. The number of benzene rings is 3. The fourth-order valence-electron chi connectivity index (χ4n) is 8.71. The number of carbonyl (C=O) groups excluding carboxylic acids is 4. The first-order chi connectivity index (χ1) is 32.6. The van der Waals surface area contributed by atoms with Crippen molar-refractivity contribution in [3.63, 3.8) is 0 Å². The maximum absolute atomic E-state index is 14.1. The Kier molecular flexibility index (Phi) is 14.9. The molecule has 4 aliphatic rings. The minimum absolute atomic E-state index is 0.104. The summed E-state index contributed by atoms with van der Waals surface area (Å²) in [6, 6.07) is 12.6. The Labute approximate surface area is 405 Å². The molecule has 0 aliphatic carbocycles. The highest BCUT2D eigenvalue weighted by Gasteiger charge is 2.46. The van der Waals surface area contributed by atoms with Gasteiger partial charge in [0.2, 0.25) is 0 Å². The number of ether oxygens (including phenoxy) is 5. The fraction of sp³-hybridized carbons (Fsp3) is 0.481. The highest BCUT2D eigenvalue weighted by atomic mass is 16.6. The van der Waals surface area contributed by atoms with E-state index in [2.05, 4.69) is 51.1 Å². The van der Waals surface area contributed by atoms with Crippen molar-refractivity contribution in [3.05, 3.63) is 89.5 Å². The van der Waals surface area contributed by atoms with Gasteiger partial charge in [0.25, 0.3) is 11.8 Å². The molecule has 3 aromatic rings. The van der Waals surface area contributed by atoms with Gasteiger partial charge in [0.1, 0.15) is 12.3 Å². The topological polar surface area (TPSA) is 189 Å². The maximum atomic E-state index is 14.1. The van der Waals surface area contributed by atoms with Crippen LogP contribution in [0, 0.1) is 16.2 Å². The molecule has 16 nitrogen and oxygen atoms in total. The molecule has 17 heteroatoms. The second kappa shape index (κ2) is 20.3. The van der Waals surface area contributed by atoms with Crippen molar-refractivity contribution in [2.75, 3.05) is 57.3 Å². The lowest BCUT2D eigenvalue weighted by Gasteiger charge is -2.32. The molecule has 2 fully saturated rings. The van der Waals surface area contributed by atoms with E-state index in [1.165, 1.54) is 25.5 Å². The van der Waals surface area contributed by atoms with Gasteiger partial charge in [0.05, 0.1) is 68.6 Å². The number of rotatable bonds is 19. The number of aliphatic hydroxyl groups excluding tert-OH is 2. The van der Waals surface area contributed by atoms with Crippen LogP contribution in [0.2, 0.25) is 0 Å². The quantitative estimate of drug-likeness (QED) is 0.0786. The third-order valence-corrected chi connectivity index (χ3v) is 13.5. The zero-order valence-electron chi connectivity index (χ0n) is 41.1. The Morgan fingerprint density at radius 2 is 1.43 bits per heavy atom. The Morgan fingerprint density at radius 1 is 0.812 bits per heavy atom. The highest BCUT2D eigenvalue weighted by Crippen LogP contribution is 2.44. The first kappa shape index (κ1) is 50.5. The number of hydrogen-bond acceptors (Lipinski definition) is 13. The average molecular weight is 947 g/mol. The summed E-state index contributed by atoms with van der Waals surface area (Å²) in [5, 5.41) is 24.3. The van der Waals surface area contributed by atoms with Crippen LogP contribution in [0.5, 0.6) is 23.0 Å². The Balaban J connectivity index is 0.995. The van der Waals surface area contributed by atoms with Gasteiger partial charge in [0, 0.05) is 42.5 Å². The van der Waals surface area contributed by atoms with Gasteiger partial charge >= 0.3 is 13.5 Å². The van der Waals surface area contributed by atoms with Crippen molar-refractivity contribution < 1.29 is 53.1 Å². The zero-order chi connectivity index (χ0) is 50.0. The molecule has 0 bridgehead atoms. The van der Waals surface area contributed by atoms with Crippen molar-refractivity contribution in [2.45, 2.75) is 98.6 Å². The molecule has 0 unspecified atom stereocenters. The molecule has 0 spiro atoms. The highest BCUT2D eigenvalue weighted by molar-refractivity contribution is 6.77. The molecule has 0 aromatic heterocycles. The number of aliphatic imine (C=N–C) groups is 1. The smallest absolute Gasteiger partial charge is 0.416 e. The molecule has 7 rings (SSSR count).